The number of carbonyl (C=O) groups is 2. The van der Waals surface area contributed by atoms with Crippen molar-refractivity contribution < 1.29 is 14.3 Å². The Bertz CT molecular complexity index is 377. The molecule has 1 N–H and O–H groups in total. The van der Waals surface area contributed by atoms with Crippen molar-refractivity contribution in [2.24, 2.45) is 5.92 Å². The lowest BCUT2D eigenvalue weighted by atomic mass is 9.96. The van der Waals surface area contributed by atoms with Crippen molar-refractivity contribution in [2.75, 3.05) is 33.0 Å². The van der Waals surface area contributed by atoms with Crippen LogP contribution in [-0.4, -0.2) is 60.2 Å². The van der Waals surface area contributed by atoms with E-state index in [2.05, 4.69) is 10.2 Å². The maximum atomic E-state index is 12.4. The van der Waals surface area contributed by atoms with Crippen LogP contribution in [0.25, 0.3) is 0 Å². The van der Waals surface area contributed by atoms with Gasteiger partial charge in [0.1, 0.15) is 5.54 Å². The van der Waals surface area contributed by atoms with E-state index in [0.717, 1.165) is 25.9 Å². The van der Waals surface area contributed by atoms with Crippen LogP contribution < -0.4 is 5.32 Å². The molecule has 0 bridgehead atoms. The van der Waals surface area contributed by atoms with Gasteiger partial charge in [0.2, 0.25) is 0 Å². The molecular formula is C12H19N3O3. The lowest BCUT2D eigenvalue weighted by Crippen LogP contribution is -2.48. The molecule has 0 radical (unpaired) electrons. The summed E-state index contributed by atoms with van der Waals surface area (Å²) >= 11 is 0. The Kier molecular flexibility index (Phi) is 2.79. The van der Waals surface area contributed by atoms with Gasteiger partial charge >= 0.3 is 6.03 Å². The summed E-state index contributed by atoms with van der Waals surface area (Å²) in [6.45, 7) is 5.13. The predicted octanol–water partition coefficient (Wildman–Crippen LogP) is -0.00340. The van der Waals surface area contributed by atoms with Crippen molar-refractivity contribution in [1.29, 1.82) is 0 Å². The van der Waals surface area contributed by atoms with Gasteiger partial charge in [-0.1, -0.05) is 0 Å². The van der Waals surface area contributed by atoms with Crippen molar-refractivity contribution >= 4 is 11.9 Å². The molecule has 0 aromatic carbocycles. The number of carbonyl (C=O) groups excluding carboxylic acids is 2. The minimum Gasteiger partial charge on any atom is -0.379 e. The maximum absolute atomic E-state index is 12.4. The summed E-state index contributed by atoms with van der Waals surface area (Å²) in [4.78, 5) is 27.8. The zero-order valence-electron chi connectivity index (χ0n) is 10.6. The third-order valence-corrected chi connectivity index (χ3v) is 4.14. The highest BCUT2D eigenvalue weighted by atomic mass is 16.5. The van der Waals surface area contributed by atoms with E-state index >= 15 is 0 Å². The van der Waals surface area contributed by atoms with E-state index in [9.17, 15) is 9.59 Å². The fourth-order valence-corrected chi connectivity index (χ4v) is 2.72. The number of morpholine rings is 1. The van der Waals surface area contributed by atoms with Crippen LogP contribution in [-0.2, 0) is 9.53 Å². The average molecular weight is 253 g/mol. The van der Waals surface area contributed by atoms with E-state index in [1.54, 1.807) is 0 Å². The molecule has 2 saturated heterocycles. The lowest BCUT2D eigenvalue weighted by molar-refractivity contribution is -0.133. The molecule has 3 aliphatic rings. The molecule has 1 atom stereocenters. The normalized spacial score (nSPS) is 33.9. The third-order valence-electron chi connectivity index (χ3n) is 4.14. The second kappa shape index (κ2) is 4.20. The highest BCUT2D eigenvalue weighted by molar-refractivity contribution is 6.07. The molecule has 6 heteroatoms. The smallest absolute Gasteiger partial charge is 0.326 e. The monoisotopic (exact) mass is 253 g/mol. The topological polar surface area (TPSA) is 61.9 Å². The summed E-state index contributed by atoms with van der Waals surface area (Å²) in [5.41, 5.74) is -0.663. The van der Waals surface area contributed by atoms with Gasteiger partial charge in [0.25, 0.3) is 5.91 Å². The van der Waals surface area contributed by atoms with E-state index in [0.29, 0.717) is 25.8 Å². The summed E-state index contributed by atoms with van der Waals surface area (Å²) in [5.74, 6) is 0.255. The van der Waals surface area contributed by atoms with Gasteiger partial charge in [0, 0.05) is 13.1 Å². The summed E-state index contributed by atoms with van der Waals surface area (Å²) in [7, 11) is 0. The number of rotatable bonds is 3. The van der Waals surface area contributed by atoms with Crippen molar-refractivity contribution in [1.82, 2.24) is 15.1 Å². The van der Waals surface area contributed by atoms with Crippen molar-refractivity contribution in [3.8, 4) is 0 Å². The van der Waals surface area contributed by atoms with Crippen molar-refractivity contribution in [3.05, 3.63) is 0 Å². The van der Waals surface area contributed by atoms with Gasteiger partial charge in [-0.25, -0.2) is 9.69 Å². The maximum Gasteiger partial charge on any atom is 0.326 e. The zero-order chi connectivity index (χ0) is 12.8. The van der Waals surface area contributed by atoms with Gasteiger partial charge in [0.05, 0.1) is 19.9 Å². The molecule has 1 aliphatic carbocycles. The molecule has 0 spiro atoms. The second-order valence-electron chi connectivity index (χ2n) is 5.51. The highest BCUT2D eigenvalue weighted by Crippen LogP contribution is 2.42. The van der Waals surface area contributed by atoms with Crippen LogP contribution in [0.1, 0.15) is 19.8 Å². The molecule has 100 valence electrons. The summed E-state index contributed by atoms with van der Waals surface area (Å²) in [6, 6.07) is -0.249. The first-order valence-electron chi connectivity index (χ1n) is 6.55. The molecule has 2 heterocycles. The highest BCUT2D eigenvalue weighted by Gasteiger charge is 2.56. The molecule has 0 aromatic heterocycles. The van der Waals surface area contributed by atoms with Gasteiger partial charge < -0.3 is 10.1 Å². The number of hydrogen-bond acceptors (Lipinski definition) is 4. The van der Waals surface area contributed by atoms with Crippen LogP contribution in [0.15, 0.2) is 0 Å². The molecule has 3 rings (SSSR count). The van der Waals surface area contributed by atoms with Crippen molar-refractivity contribution in [3.63, 3.8) is 0 Å². The van der Waals surface area contributed by atoms with Gasteiger partial charge in [-0.05, 0) is 25.7 Å². The second-order valence-corrected chi connectivity index (χ2v) is 5.51. The van der Waals surface area contributed by atoms with Crippen LogP contribution in [0.4, 0.5) is 4.79 Å². The Hall–Kier alpha value is -1.14. The molecule has 2 aliphatic heterocycles. The number of urea groups is 1. The molecular weight excluding hydrogens is 234 g/mol. The van der Waals surface area contributed by atoms with E-state index in [1.165, 1.54) is 4.90 Å². The van der Waals surface area contributed by atoms with Crippen LogP contribution in [0.3, 0.4) is 0 Å². The Morgan fingerprint density at radius 3 is 2.61 bits per heavy atom. The predicted molar refractivity (Wildman–Crippen MR) is 63.8 cm³/mol. The zero-order valence-corrected chi connectivity index (χ0v) is 10.6. The quantitative estimate of drug-likeness (QED) is 0.719. The fraction of sp³-hybridized carbons (Fsp3) is 0.833. The third kappa shape index (κ3) is 1.89. The standard InChI is InChI=1S/C12H19N3O3/c1-12(9-2-3-9)10(16)15(11(17)13-12)8-14-4-6-18-7-5-14/h9H,2-8H2,1H3,(H,13,17). The number of ether oxygens (including phenoxy) is 1. The van der Waals surface area contributed by atoms with Gasteiger partial charge in [-0.2, -0.15) is 0 Å². The van der Waals surface area contributed by atoms with Gasteiger partial charge in [-0.15, -0.1) is 0 Å². The average Bonchev–Trinajstić information content (AvgIpc) is 3.17. The first-order valence-corrected chi connectivity index (χ1v) is 6.55. The molecule has 0 aromatic rings. The SMILES string of the molecule is CC1(C2CC2)NC(=O)N(CN2CCOCC2)C1=O. The summed E-state index contributed by atoms with van der Waals surface area (Å²) in [5, 5.41) is 2.86. The van der Waals surface area contributed by atoms with E-state index in [-0.39, 0.29) is 11.9 Å². The molecule has 1 unspecified atom stereocenters. The van der Waals surface area contributed by atoms with E-state index < -0.39 is 5.54 Å². The van der Waals surface area contributed by atoms with Crippen LogP contribution >= 0.6 is 0 Å². The molecule has 3 fully saturated rings. The number of nitrogens with zero attached hydrogens (tertiary/aromatic N) is 2. The molecule has 1 saturated carbocycles. The van der Waals surface area contributed by atoms with Crippen LogP contribution in [0.2, 0.25) is 0 Å². The Morgan fingerprint density at radius 1 is 1.33 bits per heavy atom. The van der Waals surface area contributed by atoms with E-state index in [4.69, 9.17) is 4.74 Å². The Labute approximate surface area is 106 Å². The number of amides is 3. The minimum absolute atomic E-state index is 0.0681. The van der Waals surface area contributed by atoms with Crippen LogP contribution in [0.5, 0.6) is 0 Å². The molecule has 6 nitrogen and oxygen atoms in total. The summed E-state index contributed by atoms with van der Waals surface area (Å²) < 4.78 is 5.26. The molecule has 18 heavy (non-hydrogen) atoms. The van der Waals surface area contributed by atoms with Crippen molar-refractivity contribution in [2.45, 2.75) is 25.3 Å². The number of hydrogen-bond donors (Lipinski definition) is 1. The Morgan fingerprint density at radius 2 is 2.00 bits per heavy atom. The van der Waals surface area contributed by atoms with E-state index in [1.807, 2.05) is 6.92 Å². The van der Waals surface area contributed by atoms with Gasteiger partial charge in [0.15, 0.2) is 0 Å². The van der Waals surface area contributed by atoms with Crippen LogP contribution in [0, 0.1) is 5.92 Å². The fourth-order valence-electron chi connectivity index (χ4n) is 2.72. The molecule has 3 amide bonds. The summed E-state index contributed by atoms with van der Waals surface area (Å²) in [6.07, 6.45) is 2.07. The number of imide groups is 1. The minimum atomic E-state index is -0.663. The first-order chi connectivity index (χ1) is 8.61. The first kappa shape index (κ1) is 11.9. The largest absolute Gasteiger partial charge is 0.379 e. The van der Waals surface area contributed by atoms with Gasteiger partial charge in [-0.3, -0.25) is 9.69 Å². The number of nitrogens with one attached hydrogen (secondary N) is 1. The lowest BCUT2D eigenvalue weighted by Gasteiger charge is -2.29. The Balaban J connectivity index is 1.68.